The summed E-state index contributed by atoms with van der Waals surface area (Å²) in [6, 6.07) is 4.62. The average molecular weight is 247 g/mol. The summed E-state index contributed by atoms with van der Waals surface area (Å²) in [5, 5.41) is 3.58. The highest BCUT2D eigenvalue weighted by molar-refractivity contribution is 5.40. The van der Waals surface area contributed by atoms with Crippen molar-refractivity contribution in [3.63, 3.8) is 0 Å². The molecule has 1 saturated heterocycles. The molecule has 3 nitrogen and oxygen atoms in total. The van der Waals surface area contributed by atoms with Crippen molar-refractivity contribution in [2.24, 2.45) is 5.92 Å². The summed E-state index contributed by atoms with van der Waals surface area (Å²) in [4.78, 5) is 6.74. The molecular weight excluding hydrogens is 222 g/mol. The second kappa shape index (κ2) is 6.74. The number of pyridine rings is 1. The zero-order valence-electron chi connectivity index (χ0n) is 11.6. The average Bonchev–Trinajstić information content (AvgIpc) is 2.41. The molecule has 2 heterocycles. The second-order valence-corrected chi connectivity index (χ2v) is 5.35. The van der Waals surface area contributed by atoms with Gasteiger partial charge in [0.15, 0.2) is 0 Å². The minimum absolute atomic E-state index is 0.540. The minimum Gasteiger partial charge on any atom is -0.381 e. The van der Waals surface area contributed by atoms with E-state index >= 15 is 0 Å². The molecule has 1 atom stereocenters. The van der Waals surface area contributed by atoms with Gasteiger partial charge in [-0.15, -0.1) is 0 Å². The highest BCUT2D eigenvalue weighted by Crippen LogP contribution is 2.23. The van der Waals surface area contributed by atoms with Crippen molar-refractivity contribution in [1.29, 1.82) is 0 Å². The monoisotopic (exact) mass is 247 g/mol. The van der Waals surface area contributed by atoms with Crippen LogP contribution in [0.1, 0.15) is 33.1 Å². The first kappa shape index (κ1) is 13.3. The first-order valence-electron chi connectivity index (χ1n) is 7.18. The topological polar surface area (TPSA) is 28.2 Å². The Morgan fingerprint density at radius 3 is 2.83 bits per heavy atom. The molecule has 1 N–H and O–H groups in total. The van der Waals surface area contributed by atoms with E-state index in [1.165, 1.54) is 38.9 Å². The first-order valence-corrected chi connectivity index (χ1v) is 7.18. The Morgan fingerprint density at radius 2 is 2.22 bits per heavy atom. The Bertz CT molecular complexity index is 331. The van der Waals surface area contributed by atoms with E-state index in [-0.39, 0.29) is 0 Å². The molecular formula is C15H25N3. The summed E-state index contributed by atoms with van der Waals surface area (Å²) >= 11 is 0. The molecule has 0 aromatic carbocycles. The van der Waals surface area contributed by atoms with Gasteiger partial charge in [0.1, 0.15) is 0 Å². The molecule has 0 bridgehead atoms. The summed E-state index contributed by atoms with van der Waals surface area (Å²) in [5.74, 6) is 0.790. The van der Waals surface area contributed by atoms with E-state index in [9.17, 15) is 0 Å². The Morgan fingerprint density at radius 1 is 1.44 bits per heavy atom. The highest BCUT2D eigenvalue weighted by Gasteiger charge is 2.23. The van der Waals surface area contributed by atoms with Gasteiger partial charge in [-0.2, -0.15) is 0 Å². The van der Waals surface area contributed by atoms with E-state index in [0.717, 1.165) is 11.6 Å². The molecule has 0 amide bonds. The van der Waals surface area contributed by atoms with Crippen LogP contribution in [0.5, 0.6) is 0 Å². The molecule has 1 aromatic heterocycles. The number of aromatic nitrogens is 1. The Hall–Kier alpha value is -1.09. The molecule has 0 saturated carbocycles. The van der Waals surface area contributed by atoms with E-state index in [0.29, 0.717) is 6.04 Å². The summed E-state index contributed by atoms with van der Waals surface area (Å²) in [6.45, 7) is 8.35. The van der Waals surface area contributed by atoms with Crippen LogP contribution in [0.15, 0.2) is 24.5 Å². The lowest BCUT2D eigenvalue weighted by atomic mass is 9.90. The van der Waals surface area contributed by atoms with E-state index in [1.54, 1.807) is 0 Å². The molecule has 1 fully saturated rings. The predicted octanol–water partition coefficient (Wildman–Crippen LogP) is 3.00. The zero-order valence-corrected chi connectivity index (χ0v) is 11.6. The third-order valence-corrected chi connectivity index (χ3v) is 3.94. The normalized spacial score (nSPS) is 19.7. The molecule has 1 aromatic rings. The van der Waals surface area contributed by atoms with Crippen molar-refractivity contribution in [2.45, 2.75) is 39.2 Å². The lowest BCUT2D eigenvalue weighted by Gasteiger charge is -2.35. The largest absolute Gasteiger partial charge is 0.381 e. The Kier molecular flexibility index (Phi) is 5.00. The minimum atomic E-state index is 0.540. The van der Waals surface area contributed by atoms with Crippen LogP contribution in [-0.4, -0.2) is 35.6 Å². The number of hydrogen-bond acceptors (Lipinski definition) is 3. The predicted molar refractivity (Wildman–Crippen MR) is 76.8 cm³/mol. The van der Waals surface area contributed by atoms with E-state index in [2.05, 4.69) is 35.1 Å². The van der Waals surface area contributed by atoms with E-state index in [1.807, 2.05) is 18.5 Å². The van der Waals surface area contributed by atoms with Gasteiger partial charge < -0.3 is 10.2 Å². The summed E-state index contributed by atoms with van der Waals surface area (Å²) < 4.78 is 0. The van der Waals surface area contributed by atoms with Crippen LogP contribution in [0.25, 0.3) is 0 Å². The molecule has 100 valence electrons. The number of anilines is 1. The van der Waals surface area contributed by atoms with Gasteiger partial charge in [-0.25, -0.2) is 0 Å². The fourth-order valence-electron chi connectivity index (χ4n) is 2.82. The van der Waals surface area contributed by atoms with Crippen LogP contribution < -0.4 is 5.32 Å². The van der Waals surface area contributed by atoms with Gasteiger partial charge in [-0.1, -0.05) is 6.92 Å². The van der Waals surface area contributed by atoms with E-state index < -0.39 is 0 Å². The number of likely N-dealkylation sites (tertiary alicyclic amines) is 1. The van der Waals surface area contributed by atoms with Crippen molar-refractivity contribution >= 4 is 5.69 Å². The molecule has 18 heavy (non-hydrogen) atoms. The van der Waals surface area contributed by atoms with Crippen LogP contribution in [0, 0.1) is 5.92 Å². The van der Waals surface area contributed by atoms with E-state index in [4.69, 9.17) is 0 Å². The van der Waals surface area contributed by atoms with Gasteiger partial charge >= 0.3 is 0 Å². The Labute approximate surface area is 111 Å². The zero-order chi connectivity index (χ0) is 12.8. The quantitative estimate of drug-likeness (QED) is 0.867. The van der Waals surface area contributed by atoms with Crippen molar-refractivity contribution in [2.75, 3.05) is 25.0 Å². The van der Waals surface area contributed by atoms with Crippen LogP contribution in [0.4, 0.5) is 5.69 Å². The van der Waals surface area contributed by atoms with Gasteiger partial charge in [0.25, 0.3) is 0 Å². The van der Waals surface area contributed by atoms with Crippen molar-refractivity contribution in [1.82, 2.24) is 9.88 Å². The number of nitrogens with one attached hydrogen (secondary N) is 1. The highest BCUT2D eigenvalue weighted by atomic mass is 15.1. The second-order valence-electron chi connectivity index (χ2n) is 5.35. The molecule has 2 rings (SSSR count). The summed E-state index contributed by atoms with van der Waals surface area (Å²) in [5.41, 5.74) is 1.14. The van der Waals surface area contributed by atoms with Crippen LogP contribution in [0.3, 0.4) is 0 Å². The third-order valence-electron chi connectivity index (χ3n) is 3.94. The molecule has 0 radical (unpaired) electrons. The van der Waals surface area contributed by atoms with Gasteiger partial charge in [0, 0.05) is 18.4 Å². The summed E-state index contributed by atoms with van der Waals surface area (Å²) in [6.07, 6.45) is 7.62. The van der Waals surface area contributed by atoms with Crippen molar-refractivity contribution in [3.8, 4) is 0 Å². The van der Waals surface area contributed by atoms with Gasteiger partial charge in [0.2, 0.25) is 0 Å². The van der Waals surface area contributed by atoms with Crippen LogP contribution in [-0.2, 0) is 0 Å². The number of hydrogen-bond donors (Lipinski definition) is 1. The number of piperidine rings is 1. The fraction of sp³-hybridized carbons (Fsp3) is 0.667. The van der Waals surface area contributed by atoms with Crippen molar-refractivity contribution < 1.29 is 0 Å². The molecule has 1 aliphatic rings. The molecule has 3 heteroatoms. The molecule has 0 spiro atoms. The number of rotatable bonds is 5. The van der Waals surface area contributed by atoms with Gasteiger partial charge in [-0.3, -0.25) is 4.98 Å². The summed E-state index contributed by atoms with van der Waals surface area (Å²) in [7, 11) is 0. The lowest BCUT2D eigenvalue weighted by molar-refractivity contribution is 0.176. The smallest absolute Gasteiger partial charge is 0.0528 e. The Balaban J connectivity index is 1.79. The molecule has 0 aliphatic carbocycles. The lowest BCUT2D eigenvalue weighted by Crippen LogP contribution is -2.39. The van der Waals surface area contributed by atoms with Crippen LogP contribution in [0.2, 0.25) is 0 Å². The third kappa shape index (κ3) is 3.70. The van der Waals surface area contributed by atoms with Gasteiger partial charge in [0.05, 0.1) is 5.69 Å². The van der Waals surface area contributed by atoms with Gasteiger partial charge in [-0.05, 0) is 63.9 Å². The maximum Gasteiger partial charge on any atom is 0.0528 e. The standard InChI is InChI=1S/C15H25N3/c1-3-9-18-10-6-14(7-11-18)13(2)17-15-5-4-8-16-12-15/h4-5,8,12-14,17H,3,6-7,9-11H2,1-2H3. The first-order chi connectivity index (χ1) is 8.79. The molecule has 1 aliphatic heterocycles. The molecule has 1 unspecified atom stereocenters. The fourth-order valence-corrected chi connectivity index (χ4v) is 2.82. The maximum absolute atomic E-state index is 4.15. The van der Waals surface area contributed by atoms with Crippen molar-refractivity contribution in [3.05, 3.63) is 24.5 Å². The number of nitrogens with zero attached hydrogens (tertiary/aromatic N) is 2. The SMILES string of the molecule is CCCN1CCC(C(C)Nc2cccnc2)CC1. The maximum atomic E-state index is 4.15. The van der Waals surface area contributed by atoms with Crippen LogP contribution >= 0.6 is 0 Å².